The molecule has 1 N–H and O–H groups in total. The summed E-state index contributed by atoms with van der Waals surface area (Å²) in [5.41, 5.74) is -1.08. The molecule has 0 saturated carbocycles. The molecular formula is C13H11BrN2O4. The maximum Gasteiger partial charge on any atom is 0.333 e. The number of ketones is 1. The molecule has 0 amide bonds. The predicted octanol–water partition coefficient (Wildman–Crippen LogP) is 1.50. The fraction of sp³-hybridized carbons (Fsp3) is 0.154. The molecule has 0 radical (unpaired) electrons. The zero-order valence-electron chi connectivity index (χ0n) is 10.8. The summed E-state index contributed by atoms with van der Waals surface area (Å²) in [4.78, 5) is 37.9. The summed E-state index contributed by atoms with van der Waals surface area (Å²) in [6.45, 7) is 1.26. The average molecular weight is 339 g/mol. The molecule has 1 aromatic carbocycles. The second kappa shape index (κ2) is 5.46. The zero-order valence-corrected chi connectivity index (χ0v) is 12.4. The number of aromatic amines is 1. The number of nitrogens with one attached hydrogen (secondary N) is 1. The van der Waals surface area contributed by atoms with Gasteiger partial charge >= 0.3 is 5.69 Å². The number of benzene rings is 1. The van der Waals surface area contributed by atoms with Gasteiger partial charge in [-0.1, -0.05) is 0 Å². The fourth-order valence-electron chi connectivity index (χ4n) is 1.73. The van der Waals surface area contributed by atoms with Gasteiger partial charge in [-0.3, -0.25) is 9.59 Å². The molecule has 0 aliphatic rings. The molecule has 0 unspecified atom stereocenters. The largest absolute Gasteiger partial charge is 0.497 e. The summed E-state index contributed by atoms with van der Waals surface area (Å²) < 4.78 is 6.50. The van der Waals surface area contributed by atoms with Crippen LogP contribution in [0.1, 0.15) is 17.3 Å². The third-order valence-corrected chi connectivity index (χ3v) is 3.42. The van der Waals surface area contributed by atoms with Crippen molar-refractivity contribution in [3.05, 3.63) is 55.3 Å². The van der Waals surface area contributed by atoms with E-state index >= 15 is 0 Å². The third kappa shape index (κ3) is 2.44. The van der Waals surface area contributed by atoms with Gasteiger partial charge in [0.1, 0.15) is 5.75 Å². The number of nitrogens with zero attached hydrogens (tertiary/aromatic N) is 1. The van der Waals surface area contributed by atoms with Crippen LogP contribution in [0.5, 0.6) is 5.75 Å². The second-order valence-electron chi connectivity index (χ2n) is 4.02. The first kappa shape index (κ1) is 14.3. The predicted molar refractivity (Wildman–Crippen MR) is 76.9 cm³/mol. The van der Waals surface area contributed by atoms with Crippen LogP contribution in [0, 0.1) is 0 Å². The number of halogens is 1. The average Bonchev–Trinajstić information content (AvgIpc) is 2.40. The van der Waals surface area contributed by atoms with Crippen LogP contribution < -0.4 is 16.0 Å². The van der Waals surface area contributed by atoms with Crippen molar-refractivity contribution in [1.82, 2.24) is 9.55 Å². The van der Waals surface area contributed by atoms with Crippen LogP contribution in [0.15, 0.2) is 38.5 Å². The highest BCUT2D eigenvalue weighted by Gasteiger charge is 2.15. The lowest BCUT2D eigenvalue weighted by molar-refractivity contribution is 0.101. The molecule has 0 fully saturated rings. The van der Waals surface area contributed by atoms with Gasteiger partial charge in [-0.25, -0.2) is 9.36 Å². The number of H-pyrrole nitrogens is 1. The van der Waals surface area contributed by atoms with Gasteiger partial charge < -0.3 is 9.72 Å². The van der Waals surface area contributed by atoms with E-state index in [1.54, 1.807) is 12.1 Å². The van der Waals surface area contributed by atoms with Crippen LogP contribution in [0.3, 0.4) is 0 Å². The van der Waals surface area contributed by atoms with Crippen molar-refractivity contribution >= 4 is 21.7 Å². The van der Waals surface area contributed by atoms with Crippen LogP contribution >= 0.6 is 15.9 Å². The fourth-order valence-corrected chi connectivity index (χ4v) is 2.16. The zero-order chi connectivity index (χ0) is 14.9. The van der Waals surface area contributed by atoms with Gasteiger partial charge in [-0.05, 0) is 35.0 Å². The number of aromatic nitrogens is 2. The van der Waals surface area contributed by atoms with Gasteiger partial charge in [0, 0.05) is 16.7 Å². The van der Waals surface area contributed by atoms with Gasteiger partial charge in [0.05, 0.1) is 18.4 Å². The van der Waals surface area contributed by atoms with Gasteiger partial charge in [0.15, 0.2) is 5.78 Å². The van der Waals surface area contributed by atoms with E-state index in [-0.39, 0.29) is 5.56 Å². The third-order valence-electron chi connectivity index (χ3n) is 2.75. The maximum absolute atomic E-state index is 12.2. The summed E-state index contributed by atoms with van der Waals surface area (Å²) in [5, 5.41) is 0. The molecule has 20 heavy (non-hydrogen) atoms. The highest BCUT2D eigenvalue weighted by Crippen LogP contribution is 2.24. The maximum atomic E-state index is 12.2. The molecule has 1 aromatic heterocycles. The monoisotopic (exact) mass is 338 g/mol. The number of carbonyl (C=O) groups excluding carboxylic acids is 1. The lowest BCUT2D eigenvalue weighted by Crippen LogP contribution is -2.36. The first-order valence-corrected chi connectivity index (χ1v) is 6.44. The molecule has 6 nitrogen and oxygen atoms in total. The van der Waals surface area contributed by atoms with Crippen molar-refractivity contribution in [2.45, 2.75) is 6.92 Å². The smallest absolute Gasteiger partial charge is 0.333 e. The standard InChI is InChI=1S/C13H11BrN2O4/c1-7(17)9-6-15-13(19)16(12(9)18)11-5-8(20-2)3-4-10(11)14/h3-6H,1-2H3,(H,15,19). The number of carbonyl (C=O) groups is 1. The number of hydrogen-bond acceptors (Lipinski definition) is 4. The molecular weight excluding hydrogens is 328 g/mol. The van der Waals surface area contributed by atoms with Crippen molar-refractivity contribution < 1.29 is 9.53 Å². The van der Waals surface area contributed by atoms with E-state index in [2.05, 4.69) is 20.9 Å². The van der Waals surface area contributed by atoms with E-state index in [4.69, 9.17) is 4.74 Å². The number of methoxy groups -OCH3 is 1. The molecule has 2 aromatic rings. The van der Waals surface area contributed by atoms with Crippen LogP contribution in [-0.4, -0.2) is 22.4 Å². The molecule has 0 aliphatic carbocycles. The summed E-state index contributed by atoms with van der Waals surface area (Å²) >= 11 is 3.27. The quantitative estimate of drug-likeness (QED) is 0.860. The van der Waals surface area contributed by atoms with Crippen molar-refractivity contribution in [1.29, 1.82) is 0 Å². The van der Waals surface area contributed by atoms with E-state index in [9.17, 15) is 14.4 Å². The van der Waals surface area contributed by atoms with Gasteiger partial charge in [-0.2, -0.15) is 0 Å². The summed E-state index contributed by atoms with van der Waals surface area (Å²) in [6, 6.07) is 4.87. The summed E-state index contributed by atoms with van der Waals surface area (Å²) in [5.74, 6) is 0.0711. The Morgan fingerprint density at radius 1 is 1.35 bits per heavy atom. The van der Waals surface area contributed by atoms with E-state index < -0.39 is 17.0 Å². The van der Waals surface area contributed by atoms with E-state index in [1.165, 1.54) is 20.1 Å². The van der Waals surface area contributed by atoms with Gasteiger partial charge in [-0.15, -0.1) is 0 Å². The van der Waals surface area contributed by atoms with Crippen LogP contribution in [-0.2, 0) is 0 Å². The van der Waals surface area contributed by atoms with Crippen LogP contribution in [0.2, 0.25) is 0 Å². The number of hydrogen-bond donors (Lipinski definition) is 1. The van der Waals surface area contributed by atoms with Crippen LogP contribution in [0.25, 0.3) is 5.69 Å². The molecule has 0 bridgehead atoms. The molecule has 1 heterocycles. The lowest BCUT2D eigenvalue weighted by Gasteiger charge is -2.09. The molecule has 7 heteroatoms. The molecule has 104 valence electrons. The van der Waals surface area contributed by atoms with Gasteiger partial charge in [0.2, 0.25) is 0 Å². The normalized spacial score (nSPS) is 10.3. The SMILES string of the molecule is COc1ccc(Br)c(-n2c(=O)[nH]cc(C(C)=O)c2=O)c1. The molecule has 0 atom stereocenters. The minimum Gasteiger partial charge on any atom is -0.497 e. The Kier molecular flexibility index (Phi) is 3.89. The van der Waals surface area contributed by atoms with Crippen molar-refractivity contribution in [2.75, 3.05) is 7.11 Å². The molecule has 0 spiro atoms. The molecule has 2 rings (SSSR count). The Morgan fingerprint density at radius 3 is 2.65 bits per heavy atom. The van der Waals surface area contributed by atoms with Crippen molar-refractivity contribution in [2.24, 2.45) is 0 Å². The Hall–Kier alpha value is -2.15. The summed E-state index contributed by atoms with van der Waals surface area (Å²) in [6.07, 6.45) is 1.12. The number of rotatable bonds is 3. The van der Waals surface area contributed by atoms with Crippen LogP contribution in [0.4, 0.5) is 0 Å². The van der Waals surface area contributed by atoms with E-state index in [0.717, 1.165) is 10.8 Å². The minimum absolute atomic E-state index is 0.0840. The summed E-state index contributed by atoms with van der Waals surface area (Å²) in [7, 11) is 1.48. The Labute approximate surface area is 122 Å². The highest BCUT2D eigenvalue weighted by atomic mass is 79.9. The Balaban J connectivity index is 2.82. The number of ether oxygens (including phenoxy) is 1. The van der Waals surface area contributed by atoms with Crippen molar-refractivity contribution in [3.8, 4) is 11.4 Å². The highest BCUT2D eigenvalue weighted by molar-refractivity contribution is 9.10. The first-order valence-electron chi connectivity index (χ1n) is 5.65. The van der Waals surface area contributed by atoms with E-state index in [1.807, 2.05) is 0 Å². The van der Waals surface area contributed by atoms with Crippen molar-refractivity contribution in [3.63, 3.8) is 0 Å². The second-order valence-corrected chi connectivity index (χ2v) is 4.88. The van der Waals surface area contributed by atoms with E-state index in [0.29, 0.717) is 15.9 Å². The minimum atomic E-state index is -0.671. The Morgan fingerprint density at radius 2 is 2.05 bits per heavy atom. The number of Topliss-reactive ketones (excluding diaryl/α,β-unsaturated/α-hetero) is 1. The topological polar surface area (TPSA) is 81.2 Å². The Bertz CT molecular complexity index is 792. The van der Waals surface area contributed by atoms with Gasteiger partial charge in [0.25, 0.3) is 5.56 Å². The first-order chi connectivity index (χ1) is 9.45. The molecule has 0 aliphatic heterocycles. The molecule has 0 saturated heterocycles. The lowest BCUT2D eigenvalue weighted by atomic mass is 10.2.